The second-order valence-corrected chi connectivity index (χ2v) is 6.46. The van der Waals surface area contributed by atoms with Crippen LogP contribution in [-0.4, -0.2) is 6.29 Å². The van der Waals surface area contributed by atoms with E-state index in [2.05, 4.69) is 33.8 Å². The lowest BCUT2D eigenvalue weighted by Gasteiger charge is -2.35. The largest absolute Gasteiger partial charge is 0.298 e. The van der Waals surface area contributed by atoms with E-state index in [-0.39, 0.29) is 0 Å². The average molecular weight is 220 g/mol. The molecule has 0 heterocycles. The molecule has 0 aromatic rings. The van der Waals surface area contributed by atoms with Crippen LogP contribution in [0.4, 0.5) is 0 Å². The number of aldehydes is 1. The van der Waals surface area contributed by atoms with Gasteiger partial charge in [-0.1, -0.05) is 33.8 Å². The van der Waals surface area contributed by atoms with Crippen LogP contribution in [0.2, 0.25) is 0 Å². The maximum atomic E-state index is 10.8. The van der Waals surface area contributed by atoms with E-state index in [0.717, 1.165) is 36.5 Å². The lowest BCUT2D eigenvalue weighted by molar-refractivity contribution is -0.105. The van der Waals surface area contributed by atoms with Crippen molar-refractivity contribution >= 4 is 6.29 Å². The quantitative estimate of drug-likeness (QED) is 0.517. The van der Waals surface area contributed by atoms with E-state index in [4.69, 9.17) is 0 Å². The minimum absolute atomic E-state index is 0.454. The van der Waals surface area contributed by atoms with Crippen molar-refractivity contribution in [3.05, 3.63) is 11.6 Å². The molecule has 3 atom stereocenters. The Kier molecular flexibility index (Phi) is 2.76. The monoisotopic (exact) mass is 220 g/mol. The van der Waals surface area contributed by atoms with Gasteiger partial charge in [-0.15, -0.1) is 0 Å². The third-order valence-corrected chi connectivity index (χ3v) is 5.70. The van der Waals surface area contributed by atoms with Gasteiger partial charge in [-0.05, 0) is 53.9 Å². The van der Waals surface area contributed by atoms with E-state index in [1.165, 1.54) is 12.8 Å². The normalized spacial score (nSPS) is 40.6. The Balaban J connectivity index is 2.03. The van der Waals surface area contributed by atoms with Crippen LogP contribution in [-0.2, 0) is 4.79 Å². The molecular weight excluding hydrogens is 196 g/mol. The van der Waals surface area contributed by atoms with Crippen molar-refractivity contribution in [1.82, 2.24) is 0 Å². The highest BCUT2D eigenvalue weighted by molar-refractivity contribution is 5.72. The number of hydrogen-bond donors (Lipinski definition) is 0. The molecule has 16 heavy (non-hydrogen) atoms. The van der Waals surface area contributed by atoms with Crippen molar-refractivity contribution < 1.29 is 4.79 Å². The lowest BCUT2D eigenvalue weighted by atomic mass is 9.70. The molecule has 2 fully saturated rings. The molecule has 0 spiro atoms. The van der Waals surface area contributed by atoms with Crippen LogP contribution < -0.4 is 0 Å². The molecule has 2 rings (SSSR count). The molecule has 0 N–H and O–H groups in total. The van der Waals surface area contributed by atoms with Gasteiger partial charge in [0.1, 0.15) is 6.29 Å². The van der Waals surface area contributed by atoms with Crippen molar-refractivity contribution in [2.24, 2.45) is 22.7 Å². The van der Waals surface area contributed by atoms with Crippen molar-refractivity contribution in [2.45, 2.75) is 53.4 Å². The minimum Gasteiger partial charge on any atom is -0.298 e. The van der Waals surface area contributed by atoms with Crippen LogP contribution in [0.1, 0.15) is 53.4 Å². The zero-order chi connectivity index (χ0) is 12.0. The van der Waals surface area contributed by atoms with E-state index in [1.54, 1.807) is 0 Å². The summed E-state index contributed by atoms with van der Waals surface area (Å²) in [5.74, 6) is 1.74. The van der Waals surface area contributed by atoms with Gasteiger partial charge in [0.05, 0.1) is 0 Å². The summed E-state index contributed by atoms with van der Waals surface area (Å²) in [6, 6.07) is 0. The number of fused-ring (bicyclic) bond motifs is 1. The summed E-state index contributed by atoms with van der Waals surface area (Å²) in [6.07, 6.45) is 7.96. The summed E-state index contributed by atoms with van der Waals surface area (Å²) in [5, 5.41) is 0. The molecule has 0 aliphatic heterocycles. The Morgan fingerprint density at radius 3 is 2.50 bits per heavy atom. The molecule has 0 aromatic heterocycles. The predicted octanol–water partition coefficient (Wildman–Crippen LogP) is 3.98. The summed E-state index contributed by atoms with van der Waals surface area (Å²) < 4.78 is 0. The zero-order valence-corrected chi connectivity index (χ0v) is 11.0. The van der Waals surface area contributed by atoms with Gasteiger partial charge >= 0.3 is 0 Å². The molecule has 0 bridgehead atoms. The molecule has 0 saturated heterocycles. The summed E-state index contributed by atoms with van der Waals surface area (Å²) >= 11 is 0. The smallest absolute Gasteiger partial charge is 0.145 e. The Morgan fingerprint density at radius 1 is 1.38 bits per heavy atom. The molecule has 2 aliphatic carbocycles. The highest BCUT2D eigenvalue weighted by Gasteiger charge is 2.66. The van der Waals surface area contributed by atoms with E-state index in [9.17, 15) is 4.79 Å². The van der Waals surface area contributed by atoms with Gasteiger partial charge in [0, 0.05) is 0 Å². The first-order valence-corrected chi connectivity index (χ1v) is 6.60. The summed E-state index contributed by atoms with van der Waals surface area (Å²) in [6.45, 7) is 9.34. The van der Waals surface area contributed by atoms with Crippen molar-refractivity contribution in [3.63, 3.8) is 0 Å². The van der Waals surface area contributed by atoms with Crippen LogP contribution in [0.3, 0.4) is 0 Å². The molecule has 1 heteroatoms. The highest BCUT2D eigenvalue weighted by Crippen LogP contribution is 2.74. The molecule has 3 unspecified atom stereocenters. The fraction of sp³-hybridized carbons (Fsp3) is 0.800. The first-order valence-electron chi connectivity index (χ1n) is 6.60. The first kappa shape index (κ1) is 11.9. The molecule has 0 radical (unpaired) electrons. The predicted molar refractivity (Wildman–Crippen MR) is 67.2 cm³/mol. The first-order chi connectivity index (χ1) is 7.45. The SMILES string of the molecule is CC/C(C=O)=C\CC1CC2CC2(C)C1(C)C. The molecule has 0 amide bonds. The van der Waals surface area contributed by atoms with Crippen molar-refractivity contribution in [3.8, 4) is 0 Å². The fourth-order valence-electron chi connectivity index (χ4n) is 3.65. The molecule has 1 nitrogen and oxygen atoms in total. The van der Waals surface area contributed by atoms with E-state index < -0.39 is 0 Å². The number of carbonyl (C=O) groups excluding carboxylic acids is 1. The second-order valence-electron chi connectivity index (χ2n) is 6.46. The molecule has 0 aromatic carbocycles. The summed E-state index contributed by atoms with van der Waals surface area (Å²) in [5.41, 5.74) is 2.02. The van der Waals surface area contributed by atoms with E-state index in [1.807, 2.05) is 0 Å². The Morgan fingerprint density at radius 2 is 2.06 bits per heavy atom. The van der Waals surface area contributed by atoms with Crippen LogP contribution >= 0.6 is 0 Å². The third kappa shape index (κ3) is 1.56. The van der Waals surface area contributed by atoms with E-state index >= 15 is 0 Å². The van der Waals surface area contributed by atoms with Crippen LogP contribution in [0, 0.1) is 22.7 Å². The third-order valence-electron chi connectivity index (χ3n) is 5.70. The van der Waals surface area contributed by atoms with Gasteiger partial charge in [0.2, 0.25) is 0 Å². The molecular formula is C15H24O. The zero-order valence-electron chi connectivity index (χ0n) is 11.0. The maximum Gasteiger partial charge on any atom is 0.145 e. The van der Waals surface area contributed by atoms with Crippen molar-refractivity contribution in [1.29, 1.82) is 0 Å². The topological polar surface area (TPSA) is 17.1 Å². The van der Waals surface area contributed by atoms with Crippen molar-refractivity contribution in [2.75, 3.05) is 0 Å². The second kappa shape index (κ2) is 3.72. The van der Waals surface area contributed by atoms with Gasteiger partial charge in [-0.3, -0.25) is 4.79 Å². The number of hydrogen-bond acceptors (Lipinski definition) is 1. The van der Waals surface area contributed by atoms with Gasteiger partial charge < -0.3 is 0 Å². The molecule has 90 valence electrons. The minimum atomic E-state index is 0.454. The Labute approximate surface area is 99.3 Å². The van der Waals surface area contributed by atoms with Crippen LogP contribution in [0.5, 0.6) is 0 Å². The standard InChI is InChI=1S/C15H24O/c1-5-11(10-16)6-7-12-8-13-9-15(13,4)14(12,2)3/h6,10,12-13H,5,7-9H2,1-4H3/b11-6+. The average Bonchev–Trinajstić information content (AvgIpc) is 2.86. The Bertz CT molecular complexity index is 326. The summed E-state index contributed by atoms with van der Waals surface area (Å²) in [7, 11) is 0. The lowest BCUT2D eigenvalue weighted by Crippen LogP contribution is -2.27. The van der Waals surface area contributed by atoms with Gasteiger partial charge in [-0.2, -0.15) is 0 Å². The van der Waals surface area contributed by atoms with Gasteiger partial charge in [-0.25, -0.2) is 0 Å². The number of carbonyl (C=O) groups is 1. The molecule has 2 saturated carbocycles. The van der Waals surface area contributed by atoms with Crippen LogP contribution in [0.15, 0.2) is 11.6 Å². The summed E-state index contributed by atoms with van der Waals surface area (Å²) in [4.78, 5) is 10.8. The van der Waals surface area contributed by atoms with Gasteiger partial charge in [0.15, 0.2) is 0 Å². The Hall–Kier alpha value is -0.590. The number of rotatable bonds is 4. The fourth-order valence-corrected chi connectivity index (χ4v) is 3.65. The molecule has 2 aliphatic rings. The number of allylic oxidation sites excluding steroid dienone is 2. The maximum absolute atomic E-state index is 10.8. The highest BCUT2D eigenvalue weighted by atomic mass is 16.1. The van der Waals surface area contributed by atoms with E-state index in [0.29, 0.717) is 10.8 Å². The van der Waals surface area contributed by atoms with Gasteiger partial charge in [0.25, 0.3) is 0 Å². The van der Waals surface area contributed by atoms with Crippen LogP contribution in [0.25, 0.3) is 0 Å².